The molecule has 2 aromatic carbocycles. The van der Waals surface area contributed by atoms with Crippen molar-refractivity contribution in [3.05, 3.63) is 59.0 Å². The van der Waals surface area contributed by atoms with E-state index in [1.54, 1.807) is 0 Å². The van der Waals surface area contributed by atoms with E-state index in [-0.39, 0.29) is 27.4 Å². The van der Waals surface area contributed by atoms with Crippen LogP contribution in [-0.2, 0) is 16.0 Å². The summed E-state index contributed by atoms with van der Waals surface area (Å²) in [5, 5.41) is 4.96. The van der Waals surface area contributed by atoms with Gasteiger partial charge in [-0.05, 0) is 30.3 Å². The van der Waals surface area contributed by atoms with Gasteiger partial charge in [0, 0.05) is 6.07 Å². The zero-order chi connectivity index (χ0) is 20.7. The standard InChI is InChI=1S/C16H10ClF4N3O3S/c17-10-5-8(16(19,20)21)6-11(18)15(10)27-9-1-2-12(22)13(7-9)28(25,26)14-3-4-23-24-14/h1-7H,22H2,(H,23,24). The lowest BCUT2D eigenvalue weighted by Gasteiger charge is -2.14. The molecular weight excluding hydrogens is 426 g/mol. The van der Waals surface area contributed by atoms with Crippen molar-refractivity contribution in [2.45, 2.75) is 16.1 Å². The molecule has 0 aliphatic rings. The third-order valence-electron chi connectivity index (χ3n) is 3.58. The Labute approximate surface area is 160 Å². The molecule has 6 nitrogen and oxygen atoms in total. The van der Waals surface area contributed by atoms with Gasteiger partial charge >= 0.3 is 6.18 Å². The van der Waals surface area contributed by atoms with Crippen molar-refractivity contribution < 1.29 is 30.7 Å². The maximum atomic E-state index is 14.1. The number of rotatable bonds is 4. The Balaban J connectivity index is 2.02. The molecule has 1 aromatic heterocycles. The number of nitrogens with one attached hydrogen (secondary N) is 1. The van der Waals surface area contributed by atoms with Gasteiger partial charge in [0.1, 0.15) is 5.75 Å². The van der Waals surface area contributed by atoms with Gasteiger partial charge in [0.25, 0.3) is 0 Å². The van der Waals surface area contributed by atoms with Gasteiger partial charge in [-0.15, -0.1) is 0 Å². The first kappa shape index (κ1) is 20.0. The number of hydrogen-bond acceptors (Lipinski definition) is 5. The molecule has 28 heavy (non-hydrogen) atoms. The fourth-order valence-electron chi connectivity index (χ4n) is 2.26. The average Bonchev–Trinajstić information content (AvgIpc) is 3.13. The molecule has 0 saturated carbocycles. The average molecular weight is 436 g/mol. The van der Waals surface area contributed by atoms with E-state index in [0.29, 0.717) is 6.07 Å². The number of benzene rings is 2. The van der Waals surface area contributed by atoms with Crippen LogP contribution in [0.2, 0.25) is 5.02 Å². The molecule has 0 fully saturated rings. The first-order valence-electron chi connectivity index (χ1n) is 7.38. The van der Waals surface area contributed by atoms with Gasteiger partial charge in [0.2, 0.25) is 9.84 Å². The quantitative estimate of drug-likeness (QED) is 0.466. The zero-order valence-corrected chi connectivity index (χ0v) is 15.2. The summed E-state index contributed by atoms with van der Waals surface area (Å²) in [7, 11) is -4.09. The maximum Gasteiger partial charge on any atom is 0.416 e. The Hall–Kier alpha value is -2.79. The largest absolute Gasteiger partial charge is 0.453 e. The van der Waals surface area contributed by atoms with E-state index in [4.69, 9.17) is 22.1 Å². The third-order valence-corrected chi connectivity index (χ3v) is 5.60. The van der Waals surface area contributed by atoms with Crippen molar-refractivity contribution in [1.82, 2.24) is 10.2 Å². The molecule has 0 bridgehead atoms. The van der Waals surface area contributed by atoms with E-state index in [9.17, 15) is 26.0 Å². The summed E-state index contributed by atoms with van der Waals surface area (Å²) in [6.45, 7) is 0. The Kier molecular flexibility index (Phi) is 4.98. The lowest BCUT2D eigenvalue weighted by atomic mass is 10.2. The molecule has 0 spiro atoms. The highest BCUT2D eigenvalue weighted by Gasteiger charge is 2.33. The van der Waals surface area contributed by atoms with Gasteiger partial charge in [-0.2, -0.15) is 18.3 Å². The van der Waals surface area contributed by atoms with Crippen LogP contribution in [0.1, 0.15) is 5.56 Å². The molecule has 0 aliphatic heterocycles. The smallest absolute Gasteiger partial charge is 0.416 e. The number of sulfone groups is 1. The van der Waals surface area contributed by atoms with Crippen LogP contribution < -0.4 is 10.5 Å². The Morgan fingerprint density at radius 2 is 1.86 bits per heavy atom. The topological polar surface area (TPSA) is 98.1 Å². The number of alkyl halides is 3. The van der Waals surface area contributed by atoms with Crippen LogP contribution in [0, 0.1) is 5.82 Å². The van der Waals surface area contributed by atoms with Gasteiger partial charge in [-0.25, -0.2) is 12.8 Å². The van der Waals surface area contributed by atoms with Crippen molar-refractivity contribution in [3.63, 3.8) is 0 Å². The lowest BCUT2D eigenvalue weighted by Crippen LogP contribution is -2.07. The number of anilines is 1. The number of H-pyrrole nitrogens is 1. The Morgan fingerprint density at radius 1 is 1.14 bits per heavy atom. The van der Waals surface area contributed by atoms with E-state index in [0.717, 1.165) is 6.07 Å². The minimum Gasteiger partial charge on any atom is -0.453 e. The predicted octanol–water partition coefficient (Wildman–Crippen LogP) is 4.43. The molecule has 3 rings (SSSR count). The second kappa shape index (κ2) is 6.99. The minimum absolute atomic E-state index is 0.124. The van der Waals surface area contributed by atoms with Crippen molar-refractivity contribution in [2.75, 3.05) is 5.73 Å². The van der Waals surface area contributed by atoms with E-state index in [2.05, 4.69) is 10.2 Å². The van der Waals surface area contributed by atoms with Gasteiger partial charge in [-0.3, -0.25) is 5.10 Å². The molecule has 0 unspecified atom stereocenters. The monoisotopic (exact) mass is 435 g/mol. The molecular formula is C16H10ClF4N3O3S. The summed E-state index contributed by atoms with van der Waals surface area (Å²) >= 11 is 5.71. The van der Waals surface area contributed by atoms with E-state index in [1.807, 2.05) is 0 Å². The number of nitrogen functional groups attached to an aromatic ring is 1. The molecule has 0 radical (unpaired) electrons. The molecule has 1 heterocycles. The van der Waals surface area contributed by atoms with Crippen molar-refractivity contribution in [1.29, 1.82) is 0 Å². The molecule has 12 heteroatoms. The second-order valence-electron chi connectivity index (χ2n) is 5.49. The molecule has 3 aromatic rings. The van der Waals surface area contributed by atoms with Crippen LogP contribution in [0.25, 0.3) is 0 Å². The molecule has 0 saturated heterocycles. The zero-order valence-electron chi connectivity index (χ0n) is 13.6. The molecule has 0 amide bonds. The highest BCUT2D eigenvalue weighted by Crippen LogP contribution is 2.39. The minimum atomic E-state index is -4.80. The van der Waals surface area contributed by atoms with Crippen LogP contribution >= 0.6 is 11.6 Å². The molecule has 0 aliphatic carbocycles. The van der Waals surface area contributed by atoms with Crippen LogP contribution in [0.3, 0.4) is 0 Å². The first-order valence-corrected chi connectivity index (χ1v) is 9.24. The number of ether oxygens (including phenoxy) is 1. The molecule has 3 N–H and O–H groups in total. The summed E-state index contributed by atoms with van der Waals surface area (Å²) in [6.07, 6.45) is -3.57. The highest BCUT2D eigenvalue weighted by atomic mass is 35.5. The number of nitrogens with zero attached hydrogens (tertiary/aromatic N) is 1. The summed E-state index contributed by atoms with van der Waals surface area (Å²) in [6, 6.07) is 5.33. The maximum absolute atomic E-state index is 14.1. The number of aromatic nitrogens is 2. The molecule has 0 atom stereocenters. The van der Waals surface area contributed by atoms with Crippen molar-refractivity contribution in [2.24, 2.45) is 0 Å². The van der Waals surface area contributed by atoms with Crippen LogP contribution in [0.4, 0.5) is 23.2 Å². The second-order valence-corrected chi connectivity index (χ2v) is 7.79. The fourth-order valence-corrected chi connectivity index (χ4v) is 3.81. The number of nitrogens with two attached hydrogens (primary N) is 1. The number of hydrogen-bond donors (Lipinski definition) is 2. The fraction of sp³-hybridized carbons (Fsp3) is 0.0625. The van der Waals surface area contributed by atoms with Crippen LogP contribution in [0.15, 0.2) is 52.5 Å². The SMILES string of the molecule is Nc1ccc(Oc2c(F)cc(C(F)(F)F)cc2Cl)cc1S(=O)(=O)c1ccn[nH]1. The summed E-state index contributed by atoms with van der Waals surface area (Å²) < 4.78 is 82.6. The van der Waals surface area contributed by atoms with E-state index in [1.165, 1.54) is 24.4 Å². The summed E-state index contributed by atoms with van der Waals surface area (Å²) in [5.41, 5.74) is 4.29. The van der Waals surface area contributed by atoms with Gasteiger partial charge in [-0.1, -0.05) is 11.6 Å². The lowest BCUT2D eigenvalue weighted by molar-refractivity contribution is -0.137. The summed E-state index contributed by atoms with van der Waals surface area (Å²) in [5.74, 6) is -2.26. The first-order chi connectivity index (χ1) is 13.0. The van der Waals surface area contributed by atoms with E-state index >= 15 is 0 Å². The van der Waals surface area contributed by atoms with Gasteiger partial charge < -0.3 is 10.5 Å². The summed E-state index contributed by atoms with van der Waals surface area (Å²) in [4.78, 5) is -0.363. The van der Waals surface area contributed by atoms with E-state index < -0.39 is 38.2 Å². The number of halogens is 5. The predicted molar refractivity (Wildman–Crippen MR) is 91.4 cm³/mol. The van der Waals surface area contributed by atoms with Crippen LogP contribution in [-0.4, -0.2) is 18.6 Å². The highest BCUT2D eigenvalue weighted by molar-refractivity contribution is 7.91. The van der Waals surface area contributed by atoms with Gasteiger partial charge in [0.05, 0.1) is 27.4 Å². The Morgan fingerprint density at radius 3 is 2.43 bits per heavy atom. The van der Waals surface area contributed by atoms with Gasteiger partial charge in [0.15, 0.2) is 16.6 Å². The third kappa shape index (κ3) is 3.76. The number of aromatic amines is 1. The van der Waals surface area contributed by atoms with Crippen LogP contribution in [0.5, 0.6) is 11.5 Å². The van der Waals surface area contributed by atoms with Crippen molar-refractivity contribution in [3.8, 4) is 11.5 Å². The molecule has 148 valence electrons. The Bertz CT molecular complexity index is 1110. The van der Waals surface area contributed by atoms with Crippen molar-refractivity contribution >= 4 is 27.1 Å². The normalized spacial score (nSPS) is 12.2.